The Labute approximate surface area is 124 Å². The number of nitrogens with zero attached hydrogens (tertiary/aromatic N) is 2. The van der Waals surface area contributed by atoms with Gasteiger partial charge in [-0.25, -0.2) is 8.78 Å². The van der Waals surface area contributed by atoms with Crippen LogP contribution in [0, 0.1) is 11.6 Å². The van der Waals surface area contributed by atoms with Crippen LogP contribution in [0.5, 0.6) is 0 Å². The Morgan fingerprint density at radius 1 is 1.43 bits per heavy atom. The van der Waals surface area contributed by atoms with Crippen molar-refractivity contribution in [3.63, 3.8) is 0 Å². The lowest BCUT2D eigenvalue weighted by atomic mass is 10.1. The van der Waals surface area contributed by atoms with Crippen molar-refractivity contribution in [2.75, 3.05) is 12.4 Å². The fourth-order valence-corrected chi connectivity index (χ4v) is 2.35. The third kappa shape index (κ3) is 4.02. The van der Waals surface area contributed by atoms with E-state index in [-0.39, 0.29) is 23.2 Å². The van der Waals surface area contributed by atoms with Gasteiger partial charge in [0.15, 0.2) is 0 Å². The molecular formula is C13H13F2N3O2S. The van der Waals surface area contributed by atoms with Gasteiger partial charge in [-0.05, 0) is 25.1 Å². The molecule has 5 nitrogen and oxygen atoms in total. The lowest BCUT2D eigenvalue weighted by Crippen LogP contribution is -2.15. The molecule has 0 spiro atoms. The first-order valence-corrected chi connectivity index (χ1v) is 6.91. The molecule has 1 N–H and O–H groups in total. The molecule has 0 saturated carbocycles. The summed E-state index contributed by atoms with van der Waals surface area (Å²) in [7, 11) is 1.54. The number of anilines is 1. The molecule has 1 atom stereocenters. The Hall–Kier alpha value is -1.93. The molecule has 1 unspecified atom stereocenters. The second kappa shape index (κ2) is 6.68. The molecule has 1 aromatic carbocycles. The van der Waals surface area contributed by atoms with E-state index in [9.17, 15) is 13.6 Å². The normalized spacial score (nSPS) is 12.2. The van der Waals surface area contributed by atoms with Crippen molar-refractivity contribution in [1.82, 2.24) is 10.2 Å². The number of amides is 1. The third-order valence-electron chi connectivity index (χ3n) is 2.75. The molecule has 0 bridgehead atoms. The number of hydrogen-bond acceptors (Lipinski definition) is 5. The molecule has 0 aliphatic heterocycles. The van der Waals surface area contributed by atoms with Crippen molar-refractivity contribution in [1.29, 1.82) is 0 Å². The molecule has 21 heavy (non-hydrogen) atoms. The quantitative estimate of drug-likeness (QED) is 0.922. The lowest BCUT2D eigenvalue weighted by molar-refractivity contribution is -0.115. The minimum absolute atomic E-state index is 0.0116. The molecule has 1 amide bonds. The van der Waals surface area contributed by atoms with Gasteiger partial charge in [-0.3, -0.25) is 4.79 Å². The number of rotatable bonds is 5. The van der Waals surface area contributed by atoms with E-state index in [0.29, 0.717) is 5.01 Å². The van der Waals surface area contributed by atoms with E-state index in [1.165, 1.54) is 7.11 Å². The van der Waals surface area contributed by atoms with E-state index in [2.05, 4.69) is 15.5 Å². The first-order valence-electron chi connectivity index (χ1n) is 6.09. The molecule has 1 aromatic heterocycles. The summed E-state index contributed by atoms with van der Waals surface area (Å²) in [5.41, 5.74) is -0.0116. The molecule has 0 saturated heterocycles. The molecule has 0 aliphatic rings. The number of aromatic nitrogens is 2. The van der Waals surface area contributed by atoms with Gasteiger partial charge in [0.05, 0.1) is 6.42 Å². The van der Waals surface area contributed by atoms with Gasteiger partial charge in [0.25, 0.3) is 0 Å². The zero-order valence-corrected chi connectivity index (χ0v) is 12.2. The summed E-state index contributed by atoms with van der Waals surface area (Å²) < 4.78 is 31.5. The van der Waals surface area contributed by atoms with Crippen molar-refractivity contribution in [3.8, 4) is 0 Å². The van der Waals surface area contributed by atoms with Crippen molar-refractivity contribution in [2.45, 2.75) is 19.4 Å². The molecule has 0 fully saturated rings. The van der Waals surface area contributed by atoms with Crippen LogP contribution < -0.4 is 5.32 Å². The monoisotopic (exact) mass is 313 g/mol. The van der Waals surface area contributed by atoms with Crippen LogP contribution in [0.2, 0.25) is 0 Å². The Bertz CT molecular complexity index is 648. The van der Waals surface area contributed by atoms with E-state index < -0.39 is 17.5 Å². The van der Waals surface area contributed by atoms with Crippen LogP contribution in [-0.4, -0.2) is 23.2 Å². The number of methoxy groups -OCH3 is 1. The Morgan fingerprint density at radius 2 is 2.19 bits per heavy atom. The third-order valence-corrected chi connectivity index (χ3v) is 3.75. The predicted octanol–water partition coefficient (Wildman–Crippen LogP) is 2.70. The zero-order valence-electron chi connectivity index (χ0n) is 11.4. The van der Waals surface area contributed by atoms with Crippen LogP contribution in [0.4, 0.5) is 13.9 Å². The number of halogens is 2. The number of nitrogens with one attached hydrogen (secondary N) is 1. The average molecular weight is 313 g/mol. The van der Waals surface area contributed by atoms with Crippen molar-refractivity contribution >= 4 is 22.4 Å². The number of carbonyl (C=O) groups excluding carboxylic acids is 1. The van der Waals surface area contributed by atoms with E-state index in [4.69, 9.17) is 4.74 Å². The summed E-state index contributed by atoms with van der Waals surface area (Å²) in [6.45, 7) is 1.80. The summed E-state index contributed by atoms with van der Waals surface area (Å²) in [6, 6.07) is 2.98. The predicted molar refractivity (Wildman–Crippen MR) is 74.0 cm³/mol. The van der Waals surface area contributed by atoms with Gasteiger partial charge in [-0.15, -0.1) is 10.2 Å². The average Bonchev–Trinajstić information content (AvgIpc) is 2.90. The molecular weight excluding hydrogens is 300 g/mol. The topological polar surface area (TPSA) is 64.1 Å². The molecule has 112 valence electrons. The van der Waals surface area contributed by atoms with Crippen molar-refractivity contribution in [2.24, 2.45) is 0 Å². The standard InChI is InChI=1S/C13H13F2N3O2S/c1-7(20-2)12-17-18-13(21-12)16-11(19)6-8-5-9(14)3-4-10(8)15/h3-5,7H,6H2,1-2H3,(H,16,18,19). The van der Waals surface area contributed by atoms with Gasteiger partial charge in [-0.1, -0.05) is 11.3 Å². The number of benzene rings is 1. The summed E-state index contributed by atoms with van der Waals surface area (Å²) in [4.78, 5) is 11.8. The Kier molecular flexibility index (Phi) is 4.92. The van der Waals surface area contributed by atoms with Gasteiger partial charge in [0, 0.05) is 12.7 Å². The van der Waals surface area contributed by atoms with Crippen molar-refractivity contribution in [3.05, 3.63) is 40.4 Å². The maximum atomic E-state index is 13.4. The highest BCUT2D eigenvalue weighted by Gasteiger charge is 2.14. The summed E-state index contributed by atoms with van der Waals surface area (Å²) >= 11 is 1.16. The number of ether oxygens (including phenoxy) is 1. The molecule has 2 aromatic rings. The van der Waals surface area contributed by atoms with Crippen LogP contribution in [0.15, 0.2) is 18.2 Å². The fraction of sp³-hybridized carbons (Fsp3) is 0.308. The maximum absolute atomic E-state index is 13.4. The van der Waals surface area contributed by atoms with Crippen LogP contribution in [-0.2, 0) is 16.0 Å². The number of hydrogen-bond donors (Lipinski definition) is 1. The smallest absolute Gasteiger partial charge is 0.230 e. The van der Waals surface area contributed by atoms with Gasteiger partial charge in [-0.2, -0.15) is 0 Å². The highest BCUT2D eigenvalue weighted by Crippen LogP contribution is 2.23. The molecule has 8 heteroatoms. The molecule has 1 heterocycles. The Morgan fingerprint density at radius 3 is 2.90 bits per heavy atom. The summed E-state index contributed by atoms with van der Waals surface area (Å²) in [5, 5.41) is 11.1. The molecule has 0 aliphatic carbocycles. The van der Waals surface area contributed by atoms with Crippen LogP contribution >= 0.6 is 11.3 Å². The second-order valence-corrected chi connectivity index (χ2v) is 5.29. The van der Waals surface area contributed by atoms with Gasteiger partial charge in [0.1, 0.15) is 22.7 Å². The van der Waals surface area contributed by atoms with E-state index in [1.54, 1.807) is 6.92 Å². The van der Waals surface area contributed by atoms with Crippen LogP contribution in [0.25, 0.3) is 0 Å². The summed E-state index contributed by atoms with van der Waals surface area (Å²) in [6.07, 6.45) is -0.507. The van der Waals surface area contributed by atoms with Gasteiger partial charge >= 0.3 is 0 Å². The maximum Gasteiger partial charge on any atom is 0.230 e. The first-order chi connectivity index (χ1) is 9.99. The summed E-state index contributed by atoms with van der Waals surface area (Å²) in [5.74, 6) is -1.71. The largest absolute Gasteiger partial charge is 0.374 e. The minimum atomic E-state index is -0.627. The number of carbonyl (C=O) groups is 1. The lowest BCUT2D eigenvalue weighted by Gasteiger charge is -2.04. The molecule has 0 radical (unpaired) electrons. The second-order valence-electron chi connectivity index (χ2n) is 4.28. The highest BCUT2D eigenvalue weighted by molar-refractivity contribution is 7.15. The van der Waals surface area contributed by atoms with Crippen LogP contribution in [0.1, 0.15) is 23.6 Å². The Balaban J connectivity index is 2.01. The van der Waals surface area contributed by atoms with Gasteiger partial charge < -0.3 is 10.1 Å². The van der Waals surface area contributed by atoms with E-state index in [0.717, 1.165) is 29.5 Å². The molecule has 2 rings (SSSR count). The minimum Gasteiger partial charge on any atom is -0.374 e. The van der Waals surface area contributed by atoms with Crippen molar-refractivity contribution < 1.29 is 18.3 Å². The SMILES string of the molecule is COC(C)c1nnc(NC(=O)Cc2cc(F)ccc2F)s1. The van der Waals surface area contributed by atoms with Crippen LogP contribution in [0.3, 0.4) is 0 Å². The first kappa shape index (κ1) is 15.5. The fourth-order valence-electron chi connectivity index (χ4n) is 1.57. The van der Waals surface area contributed by atoms with Gasteiger partial charge in [0.2, 0.25) is 11.0 Å². The van der Waals surface area contributed by atoms with E-state index >= 15 is 0 Å². The highest BCUT2D eigenvalue weighted by atomic mass is 32.1. The zero-order chi connectivity index (χ0) is 15.4. The van der Waals surface area contributed by atoms with E-state index in [1.807, 2.05) is 0 Å².